The van der Waals surface area contributed by atoms with E-state index >= 15 is 0 Å². The van der Waals surface area contributed by atoms with Crippen LogP contribution in [0.25, 0.3) is 0 Å². The van der Waals surface area contributed by atoms with Gasteiger partial charge in [0, 0.05) is 12.5 Å². The highest BCUT2D eigenvalue weighted by Crippen LogP contribution is 2.11. The van der Waals surface area contributed by atoms with Crippen LogP contribution in [0.15, 0.2) is 0 Å². The first-order chi connectivity index (χ1) is 5.38. The maximum atomic E-state index is 11.2. The standard InChI is InChI=1S/C8H16N2O2/c1-8(2,3)7(12)10-5-6(11)9-4/h5H2,1-4H3,(H,9,11)(H,10,12). The minimum Gasteiger partial charge on any atom is -0.358 e. The lowest BCUT2D eigenvalue weighted by molar-refractivity contribution is -0.131. The number of amides is 2. The number of carbonyl (C=O) groups is 2. The SMILES string of the molecule is CNC(=O)CNC(=O)C(C)(C)C. The zero-order chi connectivity index (χ0) is 9.78. The molecule has 0 bridgehead atoms. The second kappa shape index (κ2) is 4.09. The molecule has 0 saturated heterocycles. The number of carbonyl (C=O) groups excluding carboxylic acids is 2. The van der Waals surface area contributed by atoms with Crippen LogP contribution in [-0.4, -0.2) is 25.4 Å². The van der Waals surface area contributed by atoms with E-state index in [9.17, 15) is 9.59 Å². The lowest BCUT2D eigenvalue weighted by Gasteiger charge is -2.16. The maximum Gasteiger partial charge on any atom is 0.239 e. The molecule has 0 fully saturated rings. The molecule has 0 radical (unpaired) electrons. The average Bonchev–Trinajstić information content (AvgIpc) is 1.97. The molecule has 0 aromatic carbocycles. The number of rotatable bonds is 2. The van der Waals surface area contributed by atoms with Crippen LogP contribution in [0.1, 0.15) is 20.8 Å². The molecule has 0 aliphatic rings. The molecule has 0 heterocycles. The molecule has 4 heteroatoms. The Kier molecular flexibility index (Phi) is 3.73. The smallest absolute Gasteiger partial charge is 0.239 e. The molecule has 0 rings (SSSR count). The first kappa shape index (κ1) is 10.9. The average molecular weight is 172 g/mol. The largest absolute Gasteiger partial charge is 0.358 e. The van der Waals surface area contributed by atoms with Gasteiger partial charge in [0.25, 0.3) is 0 Å². The van der Waals surface area contributed by atoms with Crippen LogP contribution in [-0.2, 0) is 9.59 Å². The van der Waals surface area contributed by atoms with Crippen LogP contribution in [0.3, 0.4) is 0 Å². The normalized spacial score (nSPS) is 10.7. The molecular weight excluding hydrogens is 156 g/mol. The summed E-state index contributed by atoms with van der Waals surface area (Å²) in [4.78, 5) is 21.9. The topological polar surface area (TPSA) is 58.2 Å². The fourth-order valence-corrected chi connectivity index (χ4v) is 0.514. The predicted octanol–water partition coefficient (Wildman–Crippen LogP) is -0.105. The Hall–Kier alpha value is -1.06. The van der Waals surface area contributed by atoms with Crippen molar-refractivity contribution in [2.24, 2.45) is 5.41 Å². The summed E-state index contributed by atoms with van der Waals surface area (Å²) in [6.07, 6.45) is 0. The van der Waals surface area contributed by atoms with Crippen molar-refractivity contribution in [1.29, 1.82) is 0 Å². The van der Waals surface area contributed by atoms with Crippen molar-refractivity contribution in [3.63, 3.8) is 0 Å². The van der Waals surface area contributed by atoms with E-state index in [1.54, 1.807) is 20.8 Å². The fourth-order valence-electron chi connectivity index (χ4n) is 0.514. The lowest BCUT2D eigenvalue weighted by Crippen LogP contribution is -2.40. The number of likely N-dealkylation sites (N-methyl/N-ethyl adjacent to an activating group) is 1. The number of nitrogens with one attached hydrogen (secondary N) is 2. The van der Waals surface area contributed by atoms with E-state index in [-0.39, 0.29) is 18.4 Å². The highest BCUT2D eigenvalue weighted by molar-refractivity contribution is 5.86. The van der Waals surface area contributed by atoms with Gasteiger partial charge in [-0.1, -0.05) is 20.8 Å². The summed E-state index contributed by atoms with van der Waals surface area (Å²) in [7, 11) is 1.53. The van der Waals surface area contributed by atoms with Gasteiger partial charge in [0.15, 0.2) is 0 Å². The van der Waals surface area contributed by atoms with Gasteiger partial charge in [0.2, 0.25) is 11.8 Å². The molecule has 0 unspecified atom stereocenters. The van der Waals surface area contributed by atoms with E-state index in [4.69, 9.17) is 0 Å². The van der Waals surface area contributed by atoms with Crippen LogP contribution < -0.4 is 10.6 Å². The molecule has 0 atom stereocenters. The first-order valence-electron chi connectivity index (χ1n) is 3.87. The number of hydrogen-bond donors (Lipinski definition) is 2. The van der Waals surface area contributed by atoms with Crippen molar-refractivity contribution in [2.75, 3.05) is 13.6 Å². The first-order valence-corrected chi connectivity index (χ1v) is 3.87. The van der Waals surface area contributed by atoms with Gasteiger partial charge in [-0.2, -0.15) is 0 Å². The minimum absolute atomic E-state index is 0.0482. The van der Waals surface area contributed by atoms with Gasteiger partial charge < -0.3 is 10.6 Å². The monoisotopic (exact) mass is 172 g/mol. The molecule has 2 amide bonds. The molecule has 12 heavy (non-hydrogen) atoms. The fraction of sp³-hybridized carbons (Fsp3) is 0.750. The van der Waals surface area contributed by atoms with E-state index in [0.717, 1.165) is 0 Å². The van der Waals surface area contributed by atoms with Gasteiger partial charge in [0.05, 0.1) is 6.54 Å². The Bertz CT molecular complexity index is 182. The molecule has 70 valence electrons. The van der Waals surface area contributed by atoms with E-state index in [1.165, 1.54) is 7.05 Å². The van der Waals surface area contributed by atoms with E-state index in [2.05, 4.69) is 10.6 Å². The van der Waals surface area contributed by atoms with Crippen LogP contribution >= 0.6 is 0 Å². The lowest BCUT2D eigenvalue weighted by atomic mass is 9.96. The van der Waals surface area contributed by atoms with Crippen molar-refractivity contribution in [3.8, 4) is 0 Å². The van der Waals surface area contributed by atoms with Gasteiger partial charge in [-0.15, -0.1) is 0 Å². The Labute approximate surface area is 72.7 Å². The Morgan fingerprint density at radius 3 is 2.08 bits per heavy atom. The van der Waals surface area contributed by atoms with E-state index < -0.39 is 5.41 Å². The quantitative estimate of drug-likeness (QED) is 0.611. The highest BCUT2D eigenvalue weighted by atomic mass is 16.2. The molecule has 0 aromatic heterocycles. The number of hydrogen-bond acceptors (Lipinski definition) is 2. The van der Waals surface area contributed by atoms with E-state index in [1.807, 2.05) is 0 Å². The molecule has 0 spiro atoms. The van der Waals surface area contributed by atoms with Gasteiger partial charge in [0.1, 0.15) is 0 Å². The Morgan fingerprint density at radius 2 is 1.75 bits per heavy atom. The zero-order valence-electron chi connectivity index (χ0n) is 8.02. The molecular formula is C8H16N2O2. The summed E-state index contributed by atoms with van der Waals surface area (Å²) in [6.45, 7) is 5.44. The third-order valence-electron chi connectivity index (χ3n) is 1.37. The summed E-state index contributed by atoms with van der Waals surface area (Å²) in [5, 5.41) is 4.94. The molecule has 0 aromatic rings. The summed E-state index contributed by atoms with van der Waals surface area (Å²) in [5.41, 5.74) is -0.436. The molecule has 2 N–H and O–H groups in total. The van der Waals surface area contributed by atoms with Crippen molar-refractivity contribution in [2.45, 2.75) is 20.8 Å². The van der Waals surface area contributed by atoms with Gasteiger partial charge >= 0.3 is 0 Å². The summed E-state index contributed by atoms with van der Waals surface area (Å²) < 4.78 is 0. The van der Waals surface area contributed by atoms with Crippen LogP contribution in [0, 0.1) is 5.41 Å². The van der Waals surface area contributed by atoms with Crippen LogP contribution in [0.2, 0.25) is 0 Å². The predicted molar refractivity (Wildman–Crippen MR) is 46.5 cm³/mol. The second-order valence-electron chi connectivity index (χ2n) is 3.61. The molecule has 4 nitrogen and oxygen atoms in total. The Balaban J connectivity index is 3.81. The summed E-state index contributed by atoms with van der Waals surface area (Å²) in [5.74, 6) is -0.307. The van der Waals surface area contributed by atoms with Crippen molar-refractivity contribution in [1.82, 2.24) is 10.6 Å². The third kappa shape index (κ3) is 3.95. The molecule has 0 saturated carbocycles. The minimum atomic E-state index is -0.436. The summed E-state index contributed by atoms with van der Waals surface area (Å²) in [6, 6.07) is 0. The van der Waals surface area contributed by atoms with Crippen molar-refractivity contribution < 1.29 is 9.59 Å². The third-order valence-corrected chi connectivity index (χ3v) is 1.37. The van der Waals surface area contributed by atoms with E-state index in [0.29, 0.717) is 0 Å². The van der Waals surface area contributed by atoms with Crippen molar-refractivity contribution in [3.05, 3.63) is 0 Å². The van der Waals surface area contributed by atoms with Gasteiger partial charge in [-0.25, -0.2) is 0 Å². The van der Waals surface area contributed by atoms with Crippen LogP contribution in [0.5, 0.6) is 0 Å². The zero-order valence-corrected chi connectivity index (χ0v) is 8.02. The molecule has 0 aliphatic carbocycles. The Morgan fingerprint density at radius 1 is 1.25 bits per heavy atom. The second-order valence-corrected chi connectivity index (χ2v) is 3.61. The maximum absolute atomic E-state index is 11.2. The summed E-state index contributed by atoms with van der Waals surface area (Å²) >= 11 is 0. The van der Waals surface area contributed by atoms with Crippen LogP contribution in [0.4, 0.5) is 0 Å². The molecule has 0 aliphatic heterocycles. The van der Waals surface area contributed by atoms with Gasteiger partial charge in [-0.3, -0.25) is 9.59 Å². The highest BCUT2D eigenvalue weighted by Gasteiger charge is 2.20. The van der Waals surface area contributed by atoms with Crippen molar-refractivity contribution >= 4 is 11.8 Å². The van der Waals surface area contributed by atoms with Gasteiger partial charge in [-0.05, 0) is 0 Å².